The summed E-state index contributed by atoms with van der Waals surface area (Å²) in [5, 5.41) is 14.5. The second-order valence-corrected chi connectivity index (χ2v) is 7.93. The van der Waals surface area contributed by atoms with E-state index in [1.165, 1.54) is 17.0 Å². The summed E-state index contributed by atoms with van der Waals surface area (Å²) in [7, 11) is 0. The Kier molecular flexibility index (Phi) is 6.77. The van der Waals surface area contributed by atoms with Crippen LogP contribution in [0.2, 0.25) is 0 Å². The number of amides is 1. The molecule has 0 aliphatic carbocycles. The number of aromatic nitrogens is 2. The largest absolute Gasteiger partial charge is 0.348 e. The van der Waals surface area contributed by atoms with Crippen LogP contribution in [0, 0.1) is 5.82 Å². The highest BCUT2D eigenvalue weighted by Gasteiger charge is 2.08. The molecule has 0 unspecified atom stereocenters. The molecule has 0 atom stereocenters. The van der Waals surface area contributed by atoms with E-state index >= 15 is 0 Å². The van der Waals surface area contributed by atoms with Gasteiger partial charge in [-0.2, -0.15) is 0 Å². The smallest absolute Gasteiger partial charge is 0.251 e. The van der Waals surface area contributed by atoms with Gasteiger partial charge in [0.2, 0.25) is 0 Å². The van der Waals surface area contributed by atoms with Crippen molar-refractivity contribution >= 4 is 29.2 Å². The average molecular weight is 445 g/mol. The Morgan fingerprint density at radius 3 is 2.41 bits per heavy atom. The van der Waals surface area contributed by atoms with Gasteiger partial charge in [0.25, 0.3) is 5.91 Å². The molecule has 0 aliphatic heterocycles. The van der Waals surface area contributed by atoms with Crippen LogP contribution in [-0.4, -0.2) is 22.4 Å². The van der Waals surface area contributed by atoms with Crippen LogP contribution < -0.4 is 10.6 Å². The van der Waals surface area contributed by atoms with Gasteiger partial charge >= 0.3 is 0 Å². The second-order valence-electron chi connectivity index (χ2n) is 7.05. The lowest BCUT2D eigenvalue weighted by Crippen LogP contribution is -2.22. The van der Waals surface area contributed by atoms with Crippen molar-refractivity contribution in [2.75, 3.05) is 11.6 Å². The molecule has 160 valence electrons. The molecular weight excluding hydrogens is 423 g/mol. The third kappa shape index (κ3) is 5.50. The van der Waals surface area contributed by atoms with Crippen molar-refractivity contribution in [3.8, 4) is 11.3 Å². The van der Waals surface area contributed by atoms with Gasteiger partial charge in [0.05, 0.1) is 5.69 Å². The summed E-state index contributed by atoms with van der Waals surface area (Å²) in [4.78, 5) is 13.8. The minimum Gasteiger partial charge on any atom is -0.348 e. The van der Waals surface area contributed by atoms with Crippen molar-refractivity contribution in [3.63, 3.8) is 0 Å². The fourth-order valence-corrected chi connectivity index (χ4v) is 3.50. The third-order valence-corrected chi connectivity index (χ3v) is 5.56. The van der Waals surface area contributed by atoms with Gasteiger partial charge in [0.1, 0.15) is 5.82 Å². The molecule has 4 aromatic rings. The summed E-state index contributed by atoms with van der Waals surface area (Å²) >= 11 is 1.68. The zero-order valence-corrected chi connectivity index (χ0v) is 18.2. The van der Waals surface area contributed by atoms with E-state index in [0.29, 0.717) is 23.6 Å². The number of hydrogen-bond donors (Lipinski definition) is 2. The van der Waals surface area contributed by atoms with Gasteiger partial charge in [-0.3, -0.25) is 4.79 Å². The van der Waals surface area contributed by atoms with E-state index in [-0.39, 0.29) is 11.7 Å². The Bertz CT molecular complexity index is 1200. The van der Waals surface area contributed by atoms with Crippen molar-refractivity contribution in [1.82, 2.24) is 15.5 Å². The van der Waals surface area contributed by atoms with Crippen molar-refractivity contribution < 1.29 is 9.18 Å². The summed E-state index contributed by atoms with van der Waals surface area (Å²) in [5.41, 5.74) is 3.75. The zero-order valence-electron chi connectivity index (χ0n) is 17.4. The molecule has 1 heterocycles. The molecule has 3 aromatic carbocycles. The van der Waals surface area contributed by atoms with Crippen LogP contribution in [0.5, 0.6) is 0 Å². The Morgan fingerprint density at radius 1 is 0.938 bits per heavy atom. The van der Waals surface area contributed by atoms with Crippen molar-refractivity contribution in [3.05, 3.63) is 102 Å². The van der Waals surface area contributed by atoms with E-state index in [0.717, 1.165) is 16.8 Å². The summed E-state index contributed by atoms with van der Waals surface area (Å²) < 4.78 is 13.1. The molecule has 0 bridgehead atoms. The minimum atomic E-state index is -0.294. The lowest BCUT2D eigenvalue weighted by atomic mass is 10.1. The maximum atomic E-state index is 13.1. The Morgan fingerprint density at radius 2 is 1.72 bits per heavy atom. The first-order valence-corrected chi connectivity index (χ1v) is 11.2. The van der Waals surface area contributed by atoms with E-state index < -0.39 is 0 Å². The van der Waals surface area contributed by atoms with Crippen LogP contribution in [0.15, 0.2) is 89.8 Å². The Labute approximate surface area is 190 Å². The molecule has 4 rings (SSSR count). The lowest BCUT2D eigenvalue weighted by Gasteiger charge is -2.09. The first-order chi connectivity index (χ1) is 15.6. The standard InChI is InChI=1S/C25H21FN4OS/c1-32-22-11-5-17(6-12-22)16-27-25(31)19-3-2-4-21(15-19)28-24-14-13-23(29-30-24)18-7-9-20(26)10-8-18/h2-15H,16H2,1H3,(H,27,31)(H,28,30). The molecule has 5 nitrogen and oxygen atoms in total. The van der Waals surface area contributed by atoms with Crippen molar-refractivity contribution in [1.29, 1.82) is 0 Å². The van der Waals surface area contributed by atoms with Gasteiger partial charge in [-0.25, -0.2) is 4.39 Å². The summed E-state index contributed by atoms with van der Waals surface area (Å²) in [6.45, 7) is 0.460. The Balaban J connectivity index is 1.38. The van der Waals surface area contributed by atoms with Gasteiger partial charge in [-0.15, -0.1) is 22.0 Å². The fourth-order valence-electron chi connectivity index (χ4n) is 3.09. The number of hydrogen-bond acceptors (Lipinski definition) is 5. The van der Waals surface area contributed by atoms with Gasteiger partial charge in [-0.1, -0.05) is 18.2 Å². The molecule has 0 saturated carbocycles. The molecule has 1 amide bonds. The molecule has 0 aliphatic rings. The third-order valence-electron chi connectivity index (χ3n) is 4.81. The van der Waals surface area contributed by atoms with E-state index in [1.807, 2.05) is 42.7 Å². The molecule has 32 heavy (non-hydrogen) atoms. The van der Waals surface area contributed by atoms with Gasteiger partial charge < -0.3 is 10.6 Å². The molecule has 2 N–H and O–H groups in total. The number of benzene rings is 3. The summed E-state index contributed by atoms with van der Waals surface area (Å²) in [6, 6.07) is 25.0. The average Bonchev–Trinajstić information content (AvgIpc) is 2.84. The van der Waals surface area contributed by atoms with Crippen LogP contribution in [0.4, 0.5) is 15.9 Å². The molecular formula is C25H21FN4OS. The number of nitrogens with one attached hydrogen (secondary N) is 2. The number of thioether (sulfide) groups is 1. The topological polar surface area (TPSA) is 66.9 Å². The van der Waals surface area contributed by atoms with Crippen LogP contribution in [0.3, 0.4) is 0 Å². The van der Waals surface area contributed by atoms with Crippen LogP contribution in [0.1, 0.15) is 15.9 Å². The van der Waals surface area contributed by atoms with E-state index in [9.17, 15) is 9.18 Å². The molecule has 0 radical (unpaired) electrons. The highest BCUT2D eigenvalue weighted by Crippen LogP contribution is 2.20. The number of carbonyl (C=O) groups is 1. The van der Waals surface area contributed by atoms with E-state index in [2.05, 4.69) is 20.8 Å². The highest BCUT2D eigenvalue weighted by atomic mass is 32.2. The Hall–Kier alpha value is -3.71. The van der Waals surface area contributed by atoms with Crippen LogP contribution in [-0.2, 0) is 6.54 Å². The predicted octanol–water partition coefficient (Wildman–Crippen LogP) is 5.68. The van der Waals surface area contributed by atoms with E-state index in [1.54, 1.807) is 48.2 Å². The number of carbonyl (C=O) groups excluding carboxylic acids is 1. The number of anilines is 2. The maximum absolute atomic E-state index is 13.1. The fraction of sp³-hybridized carbons (Fsp3) is 0.0800. The predicted molar refractivity (Wildman–Crippen MR) is 127 cm³/mol. The first kappa shape index (κ1) is 21.5. The van der Waals surface area contributed by atoms with Gasteiger partial charge in [-0.05, 0) is 78.5 Å². The van der Waals surface area contributed by atoms with Gasteiger partial charge in [0.15, 0.2) is 5.82 Å². The monoisotopic (exact) mass is 444 g/mol. The molecule has 0 fully saturated rings. The first-order valence-electron chi connectivity index (χ1n) is 9.98. The number of nitrogens with zero attached hydrogens (tertiary/aromatic N) is 2. The lowest BCUT2D eigenvalue weighted by molar-refractivity contribution is 0.0951. The normalized spacial score (nSPS) is 10.6. The quantitative estimate of drug-likeness (QED) is 0.359. The molecule has 1 aromatic heterocycles. The second kappa shape index (κ2) is 10.1. The van der Waals surface area contributed by atoms with E-state index in [4.69, 9.17) is 0 Å². The highest BCUT2D eigenvalue weighted by molar-refractivity contribution is 7.98. The van der Waals surface area contributed by atoms with Crippen molar-refractivity contribution in [2.24, 2.45) is 0 Å². The molecule has 0 spiro atoms. The van der Waals surface area contributed by atoms with Gasteiger partial charge in [0, 0.05) is 28.3 Å². The summed E-state index contributed by atoms with van der Waals surface area (Å²) in [5.74, 6) is 0.0973. The van der Waals surface area contributed by atoms with Crippen LogP contribution in [0.25, 0.3) is 11.3 Å². The van der Waals surface area contributed by atoms with Crippen LogP contribution >= 0.6 is 11.8 Å². The maximum Gasteiger partial charge on any atom is 0.251 e. The SMILES string of the molecule is CSc1ccc(CNC(=O)c2cccc(Nc3ccc(-c4ccc(F)cc4)nn3)c2)cc1. The molecule has 7 heteroatoms. The number of rotatable bonds is 7. The number of halogens is 1. The van der Waals surface area contributed by atoms with Crippen molar-refractivity contribution in [2.45, 2.75) is 11.4 Å². The molecule has 0 saturated heterocycles. The summed E-state index contributed by atoms with van der Waals surface area (Å²) in [6.07, 6.45) is 2.03. The zero-order chi connectivity index (χ0) is 22.3. The minimum absolute atomic E-state index is 0.152.